The van der Waals surface area contributed by atoms with Crippen LogP contribution in [0.15, 0.2) is 70.5 Å². The van der Waals surface area contributed by atoms with E-state index in [1.165, 1.54) is 14.2 Å². The lowest BCUT2D eigenvalue weighted by Crippen LogP contribution is -2.10. The first-order chi connectivity index (χ1) is 13.0. The number of pyridine rings is 1. The molecule has 0 aliphatic rings. The van der Waals surface area contributed by atoms with Gasteiger partial charge in [0.05, 0.1) is 25.0 Å². The second-order valence-corrected chi connectivity index (χ2v) is 7.40. The molecule has 1 aromatic heterocycles. The molecular weight excluding hydrogens is 362 g/mol. The predicted molar refractivity (Wildman–Crippen MR) is 104 cm³/mol. The van der Waals surface area contributed by atoms with Crippen LogP contribution >= 0.6 is 0 Å². The van der Waals surface area contributed by atoms with Gasteiger partial charge in [-0.25, -0.2) is 4.21 Å². The SMILES string of the molecule is COc1cc([C@@H](O)c2ccccc2)c(S(=O)c2ccc(C)cc2)c(OC)n1. The number of hydrogen-bond acceptors (Lipinski definition) is 5. The lowest BCUT2D eigenvalue weighted by Gasteiger charge is -2.19. The van der Waals surface area contributed by atoms with Crippen molar-refractivity contribution in [2.45, 2.75) is 22.8 Å². The van der Waals surface area contributed by atoms with Crippen LogP contribution in [-0.4, -0.2) is 28.5 Å². The van der Waals surface area contributed by atoms with Crippen molar-refractivity contribution in [3.8, 4) is 11.8 Å². The van der Waals surface area contributed by atoms with Crippen LogP contribution < -0.4 is 9.47 Å². The van der Waals surface area contributed by atoms with Crippen molar-refractivity contribution in [3.63, 3.8) is 0 Å². The van der Waals surface area contributed by atoms with E-state index in [1.54, 1.807) is 18.2 Å². The summed E-state index contributed by atoms with van der Waals surface area (Å²) in [5.74, 6) is 0.444. The Kier molecular flexibility index (Phi) is 5.88. The van der Waals surface area contributed by atoms with Crippen LogP contribution in [0.4, 0.5) is 0 Å². The Bertz CT molecular complexity index is 942. The summed E-state index contributed by atoms with van der Waals surface area (Å²) in [6.07, 6.45) is -0.999. The molecular formula is C21H21NO4S. The van der Waals surface area contributed by atoms with E-state index in [1.807, 2.05) is 49.4 Å². The molecule has 0 radical (unpaired) electrons. The third kappa shape index (κ3) is 4.02. The van der Waals surface area contributed by atoms with Crippen LogP contribution in [-0.2, 0) is 10.8 Å². The molecule has 3 aromatic rings. The number of aliphatic hydroxyl groups is 1. The van der Waals surface area contributed by atoms with Gasteiger partial charge in [-0.2, -0.15) is 4.98 Å². The fourth-order valence-electron chi connectivity index (χ4n) is 2.73. The maximum absolute atomic E-state index is 13.3. The summed E-state index contributed by atoms with van der Waals surface area (Å²) in [6, 6.07) is 18.1. The molecule has 1 N–H and O–H groups in total. The zero-order valence-corrected chi connectivity index (χ0v) is 16.2. The van der Waals surface area contributed by atoms with Crippen LogP contribution in [0.3, 0.4) is 0 Å². The highest BCUT2D eigenvalue weighted by molar-refractivity contribution is 7.85. The van der Waals surface area contributed by atoms with E-state index in [4.69, 9.17) is 9.47 Å². The van der Waals surface area contributed by atoms with Crippen LogP contribution in [0.25, 0.3) is 0 Å². The molecule has 2 atom stereocenters. The first kappa shape index (κ1) is 19.1. The molecule has 6 heteroatoms. The quantitative estimate of drug-likeness (QED) is 0.704. The molecule has 1 unspecified atom stereocenters. The smallest absolute Gasteiger partial charge is 0.233 e. The molecule has 0 saturated heterocycles. The summed E-state index contributed by atoms with van der Waals surface area (Å²) in [5.41, 5.74) is 2.18. The summed E-state index contributed by atoms with van der Waals surface area (Å²) in [4.78, 5) is 5.20. The largest absolute Gasteiger partial charge is 0.481 e. The molecule has 0 aliphatic carbocycles. The monoisotopic (exact) mass is 383 g/mol. The number of methoxy groups -OCH3 is 2. The summed E-state index contributed by atoms with van der Waals surface area (Å²) < 4.78 is 24.0. The number of aryl methyl sites for hydroxylation is 1. The molecule has 1 heterocycles. The van der Waals surface area contributed by atoms with Gasteiger partial charge in [0.2, 0.25) is 11.8 Å². The topological polar surface area (TPSA) is 68.7 Å². The maximum Gasteiger partial charge on any atom is 0.233 e. The van der Waals surface area contributed by atoms with Gasteiger partial charge in [0, 0.05) is 16.5 Å². The normalized spacial score (nSPS) is 13.0. The lowest BCUT2D eigenvalue weighted by molar-refractivity contribution is 0.214. The predicted octanol–water partition coefficient (Wildman–Crippen LogP) is 3.66. The number of benzene rings is 2. The van der Waals surface area contributed by atoms with Gasteiger partial charge in [-0.3, -0.25) is 0 Å². The third-order valence-electron chi connectivity index (χ3n) is 4.18. The molecule has 27 heavy (non-hydrogen) atoms. The van der Waals surface area contributed by atoms with Crippen LogP contribution in [0, 0.1) is 6.92 Å². The van der Waals surface area contributed by atoms with Gasteiger partial charge in [0.25, 0.3) is 0 Å². The summed E-state index contributed by atoms with van der Waals surface area (Å²) in [5, 5.41) is 11.0. The van der Waals surface area contributed by atoms with Crippen molar-refractivity contribution in [3.05, 3.63) is 77.4 Å². The van der Waals surface area contributed by atoms with E-state index in [2.05, 4.69) is 4.98 Å². The minimum absolute atomic E-state index is 0.165. The zero-order chi connectivity index (χ0) is 19.4. The molecule has 0 fully saturated rings. The Balaban J connectivity index is 2.18. The zero-order valence-electron chi connectivity index (χ0n) is 15.4. The standard InChI is InChI=1S/C21H21NO4S/c1-14-9-11-16(12-10-14)27(24)20-17(13-18(25-2)22-21(20)26-3)19(23)15-7-5-4-6-8-15/h4-13,19,23H,1-3H3/t19-,27?/m0/s1. The Morgan fingerprint density at radius 1 is 1.00 bits per heavy atom. The van der Waals surface area contributed by atoms with Crippen molar-refractivity contribution < 1.29 is 18.8 Å². The highest BCUT2D eigenvalue weighted by atomic mass is 32.2. The fourth-order valence-corrected chi connectivity index (χ4v) is 4.02. The van der Waals surface area contributed by atoms with E-state index in [-0.39, 0.29) is 11.8 Å². The highest BCUT2D eigenvalue weighted by Gasteiger charge is 2.26. The second-order valence-electron chi connectivity index (χ2n) is 5.99. The van der Waals surface area contributed by atoms with Crippen LogP contribution in [0.5, 0.6) is 11.8 Å². The summed E-state index contributed by atoms with van der Waals surface area (Å²) in [6.45, 7) is 1.97. The molecule has 0 saturated carbocycles. The van der Waals surface area contributed by atoms with Gasteiger partial charge >= 0.3 is 0 Å². The minimum Gasteiger partial charge on any atom is -0.481 e. The first-order valence-corrected chi connectivity index (χ1v) is 9.54. The number of rotatable bonds is 6. The molecule has 3 rings (SSSR count). The van der Waals surface area contributed by atoms with Gasteiger partial charge in [-0.15, -0.1) is 0 Å². The molecule has 5 nitrogen and oxygen atoms in total. The Labute approximate surface area is 161 Å². The lowest BCUT2D eigenvalue weighted by atomic mass is 10.0. The van der Waals surface area contributed by atoms with Gasteiger partial charge in [0.1, 0.15) is 11.0 Å². The fraction of sp³-hybridized carbons (Fsp3) is 0.190. The summed E-state index contributed by atoms with van der Waals surface area (Å²) in [7, 11) is 1.35. The average molecular weight is 383 g/mol. The first-order valence-electron chi connectivity index (χ1n) is 8.39. The number of hydrogen-bond donors (Lipinski definition) is 1. The van der Waals surface area contributed by atoms with Crippen molar-refractivity contribution >= 4 is 10.8 Å². The van der Waals surface area contributed by atoms with Crippen molar-refractivity contribution in [1.82, 2.24) is 4.98 Å². The second kappa shape index (κ2) is 8.33. The van der Waals surface area contributed by atoms with Gasteiger partial charge in [-0.1, -0.05) is 48.0 Å². The van der Waals surface area contributed by atoms with E-state index < -0.39 is 16.9 Å². The molecule has 0 amide bonds. The minimum atomic E-state index is -1.59. The Morgan fingerprint density at radius 3 is 2.26 bits per heavy atom. The van der Waals surface area contributed by atoms with Gasteiger partial charge in [-0.05, 0) is 24.6 Å². The Morgan fingerprint density at radius 2 is 1.67 bits per heavy atom. The van der Waals surface area contributed by atoms with Crippen molar-refractivity contribution in [2.24, 2.45) is 0 Å². The van der Waals surface area contributed by atoms with E-state index in [0.29, 0.717) is 20.9 Å². The molecule has 2 aromatic carbocycles. The van der Waals surface area contributed by atoms with E-state index >= 15 is 0 Å². The molecule has 140 valence electrons. The molecule has 0 aliphatic heterocycles. The number of nitrogens with zero attached hydrogens (tertiary/aromatic N) is 1. The van der Waals surface area contributed by atoms with Gasteiger partial charge < -0.3 is 14.6 Å². The average Bonchev–Trinajstić information content (AvgIpc) is 2.72. The highest BCUT2D eigenvalue weighted by Crippen LogP contribution is 2.36. The van der Waals surface area contributed by atoms with Crippen LogP contribution in [0.2, 0.25) is 0 Å². The third-order valence-corrected chi connectivity index (χ3v) is 5.66. The Hall–Kier alpha value is -2.70. The van der Waals surface area contributed by atoms with E-state index in [9.17, 15) is 9.32 Å². The summed E-state index contributed by atoms with van der Waals surface area (Å²) >= 11 is 0. The van der Waals surface area contributed by atoms with Crippen molar-refractivity contribution in [1.29, 1.82) is 0 Å². The van der Waals surface area contributed by atoms with Crippen LogP contribution in [0.1, 0.15) is 22.8 Å². The molecule has 0 bridgehead atoms. The van der Waals surface area contributed by atoms with E-state index in [0.717, 1.165) is 5.56 Å². The number of aromatic nitrogens is 1. The molecule has 0 spiro atoms. The maximum atomic E-state index is 13.3. The number of aliphatic hydroxyl groups excluding tert-OH is 1. The van der Waals surface area contributed by atoms with Gasteiger partial charge in [0.15, 0.2) is 0 Å². The van der Waals surface area contributed by atoms with Crippen molar-refractivity contribution in [2.75, 3.05) is 14.2 Å². The number of ether oxygens (including phenoxy) is 2.